The standard InChI is InChI=1S/C19H18BrNO3/c1-12-4-3-5-13(2)18(12)24-19(23)14-10-17(22)21(11-14)16-8-6-15(20)7-9-16/h3-9,14H,10-11H2,1-2H3. The van der Waals surface area contributed by atoms with Crippen LogP contribution in [0.5, 0.6) is 5.75 Å². The van der Waals surface area contributed by atoms with E-state index < -0.39 is 5.92 Å². The zero-order valence-electron chi connectivity index (χ0n) is 13.6. The van der Waals surface area contributed by atoms with Crippen LogP contribution >= 0.6 is 15.9 Å². The Morgan fingerprint density at radius 1 is 1.12 bits per heavy atom. The van der Waals surface area contributed by atoms with E-state index in [-0.39, 0.29) is 18.3 Å². The molecule has 0 radical (unpaired) electrons. The number of carbonyl (C=O) groups is 2. The van der Waals surface area contributed by atoms with Gasteiger partial charge in [-0.3, -0.25) is 9.59 Å². The first-order valence-corrected chi connectivity index (χ1v) is 8.59. The number of ether oxygens (including phenoxy) is 1. The molecule has 24 heavy (non-hydrogen) atoms. The molecule has 1 unspecified atom stereocenters. The van der Waals surface area contributed by atoms with Gasteiger partial charge in [-0.05, 0) is 49.2 Å². The lowest BCUT2D eigenvalue weighted by molar-refractivity contribution is -0.139. The van der Waals surface area contributed by atoms with Crippen LogP contribution in [-0.4, -0.2) is 18.4 Å². The highest BCUT2D eigenvalue weighted by atomic mass is 79.9. The third kappa shape index (κ3) is 3.36. The van der Waals surface area contributed by atoms with Crippen molar-refractivity contribution < 1.29 is 14.3 Å². The average molecular weight is 388 g/mol. The summed E-state index contributed by atoms with van der Waals surface area (Å²) in [6.45, 7) is 4.16. The predicted molar refractivity (Wildman–Crippen MR) is 96.2 cm³/mol. The summed E-state index contributed by atoms with van der Waals surface area (Å²) in [5.74, 6) is -0.252. The SMILES string of the molecule is Cc1cccc(C)c1OC(=O)C1CC(=O)N(c2ccc(Br)cc2)C1. The Hall–Kier alpha value is -2.14. The highest BCUT2D eigenvalue weighted by Crippen LogP contribution is 2.29. The Bertz CT molecular complexity index is 765. The second-order valence-corrected chi connectivity index (χ2v) is 6.94. The van der Waals surface area contributed by atoms with Gasteiger partial charge in [-0.25, -0.2) is 0 Å². The number of nitrogens with zero attached hydrogens (tertiary/aromatic N) is 1. The molecule has 4 nitrogen and oxygen atoms in total. The Balaban J connectivity index is 1.73. The number of benzene rings is 2. The Morgan fingerprint density at radius 2 is 1.75 bits per heavy atom. The lowest BCUT2D eigenvalue weighted by Gasteiger charge is -2.17. The maximum atomic E-state index is 12.5. The van der Waals surface area contributed by atoms with Gasteiger partial charge in [0, 0.05) is 23.1 Å². The zero-order chi connectivity index (χ0) is 17.3. The van der Waals surface area contributed by atoms with Gasteiger partial charge in [-0.1, -0.05) is 34.1 Å². The van der Waals surface area contributed by atoms with Crippen LogP contribution in [0.25, 0.3) is 0 Å². The van der Waals surface area contributed by atoms with Gasteiger partial charge in [0.25, 0.3) is 0 Å². The van der Waals surface area contributed by atoms with E-state index in [9.17, 15) is 9.59 Å². The van der Waals surface area contributed by atoms with Crippen LogP contribution in [0.15, 0.2) is 46.9 Å². The number of esters is 1. The zero-order valence-corrected chi connectivity index (χ0v) is 15.2. The van der Waals surface area contributed by atoms with Crippen molar-refractivity contribution in [1.82, 2.24) is 0 Å². The second-order valence-electron chi connectivity index (χ2n) is 6.02. The van der Waals surface area contributed by atoms with Crippen LogP contribution in [0.4, 0.5) is 5.69 Å². The van der Waals surface area contributed by atoms with Gasteiger partial charge in [0.15, 0.2) is 0 Å². The van der Waals surface area contributed by atoms with Crippen molar-refractivity contribution in [2.24, 2.45) is 5.92 Å². The van der Waals surface area contributed by atoms with E-state index in [0.29, 0.717) is 12.3 Å². The molecule has 1 aliphatic heterocycles. The van der Waals surface area contributed by atoms with Gasteiger partial charge < -0.3 is 9.64 Å². The maximum absolute atomic E-state index is 12.5. The molecule has 0 saturated carbocycles. The number of hydrogen-bond acceptors (Lipinski definition) is 3. The highest BCUT2D eigenvalue weighted by molar-refractivity contribution is 9.10. The highest BCUT2D eigenvalue weighted by Gasteiger charge is 2.36. The Morgan fingerprint density at radius 3 is 2.38 bits per heavy atom. The number of carbonyl (C=O) groups excluding carboxylic acids is 2. The van der Waals surface area contributed by atoms with Gasteiger partial charge in [-0.15, -0.1) is 0 Å². The molecule has 2 aromatic rings. The first-order valence-electron chi connectivity index (χ1n) is 7.79. The quantitative estimate of drug-likeness (QED) is 0.589. The topological polar surface area (TPSA) is 46.6 Å². The van der Waals surface area contributed by atoms with Crippen molar-refractivity contribution >= 4 is 33.5 Å². The van der Waals surface area contributed by atoms with Crippen molar-refractivity contribution in [3.63, 3.8) is 0 Å². The summed E-state index contributed by atoms with van der Waals surface area (Å²) < 4.78 is 6.53. The molecule has 0 aliphatic carbocycles. The summed E-state index contributed by atoms with van der Waals surface area (Å²) in [7, 11) is 0. The Kier molecular flexibility index (Phi) is 4.71. The van der Waals surface area contributed by atoms with E-state index in [0.717, 1.165) is 21.3 Å². The number of amides is 1. The van der Waals surface area contributed by atoms with E-state index >= 15 is 0 Å². The van der Waals surface area contributed by atoms with Crippen LogP contribution in [0, 0.1) is 19.8 Å². The van der Waals surface area contributed by atoms with E-state index in [4.69, 9.17) is 4.74 Å². The van der Waals surface area contributed by atoms with Crippen LogP contribution in [0.2, 0.25) is 0 Å². The number of halogens is 1. The van der Waals surface area contributed by atoms with Gasteiger partial charge in [-0.2, -0.15) is 0 Å². The fourth-order valence-electron chi connectivity index (χ4n) is 2.88. The molecule has 0 spiro atoms. The molecule has 1 aliphatic rings. The van der Waals surface area contributed by atoms with Crippen molar-refractivity contribution in [3.05, 3.63) is 58.1 Å². The molecule has 3 rings (SSSR count). The normalized spacial score (nSPS) is 17.2. The average Bonchev–Trinajstić information content (AvgIpc) is 2.94. The van der Waals surface area contributed by atoms with E-state index in [2.05, 4.69) is 15.9 Å². The summed E-state index contributed by atoms with van der Waals surface area (Å²) in [5.41, 5.74) is 2.63. The largest absolute Gasteiger partial charge is 0.426 e. The van der Waals surface area contributed by atoms with Crippen LogP contribution in [0.1, 0.15) is 17.5 Å². The molecule has 0 N–H and O–H groups in total. The maximum Gasteiger partial charge on any atom is 0.316 e. The Labute approximate surface area is 149 Å². The number of rotatable bonds is 3. The lowest BCUT2D eigenvalue weighted by atomic mass is 10.1. The predicted octanol–water partition coefficient (Wildman–Crippen LogP) is 4.02. The molecule has 2 aromatic carbocycles. The van der Waals surface area contributed by atoms with E-state index in [1.54, 1.807) is 4.90 Å². The monoisotopic (exact) mass is 387 g/mol. The molecule has 1 saturated heterocycles. The minimum atomic E-state index is -0.444. The molecule has 1 heterocycles. The first kappa shape index (κ1) is 16.7. The van der Waals surface area contributed by atoms with Gasteiger partial charge in [0.1, 0.15) is 5.75 Å². The molecule has 1 amide bonds. The second kappa shape index (κ2) is 6.77. The third-order valence-electron chi connectivity index (χ3n) is 4.21. The van der Waals surface area contributed by atoms with Crippen molar-refractivity contribution in [1.29, 1.82) is 0 Å². The van der Waals surface area contributed by atoms with Gasteiger partial charge in [0.2, 0.25) is 5.91 Å². The molecule has 124 valence electrons. The minimum absolute atomic E-state index is 0.0548. The van der Waals surface area contributed by atoms with Gasteiger partial charge >= 0.3 is 5.97 Å². The molecule has 5 heteroatoms. The summed E-state index contributed by atoms with van der Waals surface area (Å²) >= 11 is 3.38. The smallest absolute Gasteiger partial charge is 0.316 e. The molecular weight excluding hydrogens is 370 g/mol. The van der Waals surface area contributed by atoms with Crippen LogP contribution in [-0.2, 0) is 9.59 Å². The van der Waals surface area contributed by atoms with Crippen molar-refractivity contribution in [2.75, 3.05) is 11.4 Å². The van der Waals surface area contributed by atoms with Crippen LogP contribution in [0.3, 0.4) is 0 Å². The van der Waals surface area contributed by atoms with Crippen LogP contribution < -0.4 is 9.64 Å². The van der Waals surface area contributed by atoms with E-state index in [1.165, 1.54) is 0 Å². The van der Waals surface area contributed by atoms with E-state index in [1.807, 2.05) is 56.3 Å². The summed E-state index contributed by atoms with van der Waals surface area (Å²) in [6, 6.07) is 13.2. The fourth-order valence-corrected chi connectivity index (χ4v) is 3.14. The fraction of sp³-hybridized carbons (Fsp3) is 0.263. The number of aryl methyl sites for hydroxylation is 2. The third-order valence-corrected chi connectivity index (χ3v) is 4.74. The lowest BCUT2D eigenvalue weighted by Crippen LogP contribution is -2.27. The molecule has 1 atom stereocenters. The summed E-state index contributed by atoms with van der Waals surface area (Å²) in [5, 5.41) is 0. The van der Waals surface area contributed by atoms with Gasteiger partial charge in [0.05, 0.1) is 5.92 Å². The van der Waals surface area contributed by atoms with Crippen molar-refractivity contribution in [3.8, 4) is 5.75 Å². The summed E-state index contributed by atoms with van der Waals surface area (Å²) in [6.07, 6.45) is 0.180. The number of para-hydroxylation sites is 1. The minimum Gasteiger partial charge on any atom is -0.426 e. The number of hydrogen-bond donors (Lipinski definition) is 0. The van der Waals surface area contributed by atoms with Crippen molar-refractivity contribution in [2.45, 2.75) is 20.3 Å². The first-order chi connectivity index (χ1) is 11.5. The number of anilines is 1. The summed E-state index contributed by atoms with van der Waals surface area (Å²) in [4.78, 5) is 26.4. The molecular formula is C19H18BrNO3. The molecule has 0 bridgehead atoms. The molecule has 1 fully saturated rings. The molecule has 0 aromatic heterocycles.